The summed E-state index contributed by atoms with van der Waals surface area (Å²) in [6, 6.07) is 18.5. The van der Waals surface area contributed by atoms with Gasteiger partial charge >= 0.3 is 0 Å². The zero-order valence-electron chi connectivity index (χ0n) is 13.9. The third kappa shape index (κ3) is 2.71. The number of nitrogens with zero attached hydrogens (tertiary/aromatic N) is 4. The Morgan fingerprint density at radius 3 is 2.60 bits per heavy atom. The Hall–Kier alpha value is -2.95. The Morgan fingerprint density at radius 2 is 1.76 bits per heavy atom. The van der Waals surface area contributed by atoms with Gasteiger partial charge in [-0.25, -0.2) is 9.38 Å². The highest BCUT2D eigenvalue weighted by Gasteiger charge is 2.22. The first-order valence-electron chi connectivity index (χ1n) is 8.79. The van der Waals surface area contributed by atoms with Crippen LogP contribution < -0.4 is 5.32 Å². The monoisotopic (exact) mass is 329 g/mol. The number of benzene rings is 2. The summed E-state index contributed by atoms with van der Waals surface area (Å²) in [6.07, 6.45) is 3.35. The number of rotatable bonds is 5. The normalized spacial score (nSPS) is 14.2. The molecular weight excluding hydrogens is 310 g/mol. The van der Waals surface area contributed by atoms with Gasteiger partial charge in [0.15, 0.2) is 5.65 Å². The number of hydrogen-bond acceptors (Lipinski definition) is 4. The maximum atomic E-state index is 4.85. The predicted octanol–water partition coefficient (Wildman–Crippen LogP) is 3.69. The molecule has 5 rings (SSSR count). The lowest BCUT2D eigenvalue weighted by atomic mass is 10.1. The molecule has 5 heteroatoms. The van der Waals surface area contributed by atoms with Gasteiger partial charge in [-0.15, -0.1) is 10.2 Å². The average Bonchev–Trinajstić information content (AvgIpc) is 3.40. The van der Waals surface area contributed by atoms with Crippen LogP contribution in [0, 0.1) is 5.92 Å². The molecule has 0 spiro atoms. The molecule has 25 heavy (non-hydrogen) atoms. The number of anilines is 1. The van der Waals surface area contributed by atoms with Crippen molar-refractivity contribution >= 4 is 22.5 Å². The van der Waals surface area contributed by atoms with Crippen molar-refractivity contribution in [2.24, 2.45) is 5.92 Å². The second kappa shape index (κ2) is 5.84. The van der Waals surface area contributed by atoms with Crippen LogP contribution in [0.25, 0.3) is 16.6 Å². The average molecular weight is 329 g/mol. The van der Waals surface area contributed by atoms with Crippen molar-refractivity contribution in [3.8, 4) is 0 Å². The van der Waals surface area contributed by atoms with E-state index in [1.54, 1.807) is 0 Å². The van der Waals surface area contributed by atoms with E-state index in [2.05, 4.69) is 50.2 Å². The van der Waals surface area contributed by atoms with Crippen LogP contribution in [-0.4, -0.2) is 26.1 Å². The quantitative estimate of drug-likeness (QED) is 0.607. The molecule has 0 saturated heterocycles. The lowest BCUT2D eigenvalue weighted by Gasteiger charge is -2.11. The fourth-order valence-corrected chi connectivity index (χ4v) is 3.21. The lowest BCUT2D eigenvalue weighted by Crippen LogP contribution is -2.11. The molecule has 0 bridgehead atoms. The van der Waals surface area contributed by atoms with Crippen molar-refractivity contribution in [1.82, 2.24) is 19.6 Å². The highest BCUT2D eigenvalue weighted by molar-refractivity contribution is 5.92. The molecule has 124 valence electrons. The van der Waals surface area contributed by atoms with Crippen LogP contribution in [0.2, 0.25) is 0 Å². The number of fused-ring (bicyclic) bond motifs is 3. The molecule has 2 heterocycles. The Kier molecular flexibility index (Phi) is 3.37. The Bertz CT molecular complexity index is 1030. The molecule has 0 amide bonds. The number of aromatic nitrogens is 4. The van der Waals surface area contributed by atoms with E-state index in [4.69, 9.17) is 4.98 Å². The second-order valence-corrected chi connectivity index (χ2v) is 6.71. The van der Waals surface area contributed by atoms with Gasteiger partial charge in [-0.05, 0) is 36.5 Å². The zero-order valence-corrected chi connectivity index (χ0v) is 13.9. The largest absolute Gasteiger partial charge is 0.355 e. The zero-order chi connectivity index (χ0) is 16.6. The molecule has 1 aliphatic rings. The van der Waals surface area contributed by atoms with Crippen LogP contribution >= 0.6 is 0 Å². The predicted molar refractivity (Wildman–Crippen MR) is 98.7 cm³/mol. The Morgan fingerprint density at radius 1 is 0.960 bits per heavy atom. The van der Waals surface area contributed by atoms with Crippen LogP contribution in [0.4, 0.5) is 5.95 Å². The van der Waals surface area contributed by atoms with Gasteiger partial charge in [0.1, 0.15) is 5.82 Å². The molecule has 0 atom stereocenters. The van der Waals surface area contributed by atoms with Gasteiger partial charge in [-0.1, -0.05) is 42.5 Å². The van der Waals surface area contributed by atoms with E-state index in [1.165, 1.54) is 18.4 Å². The first kappa shape index (κ1) is 14.4. The lowest BCUT2D eigenvalue weighted by molar-refractivity contribution is 0.856. The smallest absolute Gasteiger partial charge is 0.210 e. The van der Waals surface area contributed by atoms with Gasteiger partial charge < -0.3 is 5.32 Å². The van der Waals surface area contributed by atoms with Gasteiger partial charge in [0.25, 0.3) is 0 Å². The molecule has 0 radical (unpaired) electrons. The Balaban J connectivity index is 1.65. The second-order valence-electron chi connectivity index (χ2n) is 6.71. The van der Waals surface area contributed by atoms with Crippen LogP contribution in [0.15, 0.2) is 54.6 Å². The first-order chi connectivity index (χ1) is 12.4. The van der Waals surface area contributed by atoms with Crippen molar-refractivity contribution in [2.75, 3.05) is 11.9 Å². The molecule has 1 aliphatic carbocycles. The summed E-state index contributed by atoms with van der Waals surface area (Å²) in [4.78, 5) is 4.85. The molecule has 2 aromatic heterocycles. The minimum Gasteiger partial charge on any atom is -0.355 e. The van der Waals surface area contributed by atoms with Gasteiger partial charge in [-0.3, -0.25) is 0 Å². The van der Waals surface area contributed by atoms with Crippen LogP contribution in [0.1, 0.15) is 24.2 Å². The van der Waals surface area contributed by atoms with Crippen LogP contribution in [0.5, 0.6) is 0 Å². The van der Waals surface area contributed by atoms with Crippen molar-refractivity contribution in [1.29, 1.82) is 0 Å². The van der Waals surface area contributed by atoms with E-state index in [0.29, 0.717) is 0 Å². The molecule has 1 saturated carbocycles. The maximum Gasteiger partial charge on any atom is 0.210 e. The third-order valence-corrected chi connectivity index (χ3v) is 4.76. The van der Waals surface area contributed by atoms with Gasteiger partial charge in [0.05, 0.1) is 5.52 Å². The summed E-state index contributed by atoms with van der Waals surface area (Å²) in [6.45, 7) is 0.962. The number of hydrogen-bond donors (Lipinski definition) is 1. The van der Waals surface area contributed by atoms with Crippen molar-refractivity contribution in [3.05, 3.63) is 66.0 Å². The van der Waals surface area contributed by atoms with Crippen LogP contribution in [0.3, 0.4) is 0 Å². The highest BCUT2D eigenvalue weighted by atomic mass is 15.3. The van der Waals surface area contributed by atoms with E-state index in [1.807, 2.05) is 24.3 Å². The summed E-state index contributed by atoms with van der Waals surface area (Å²) in [5, 5.41) is 13.5. The van der Waals surface area contributed by atoms with Crippen molar-refractivity contribution in [2.45, 2.75) is 19.3 Å². The summed E-state index contributed by atoms with van der Waals surface area (Å²) >= 11 is 0. The van der Waals surface area contributed by atoms with Gasteiger partial charge in [-0.2, -0.15) is 0 Å². The molecule has 5 nitrogen and oxygen atoms in total. The van der Waals surface area contributed by atoms with E-state index in [0.717, 1.165) is 47.2 Å². The molecule has 4 aromatic rings. The summed E-state index contributed by atoms with van der Waals surface area (Å²) in [5.41, 5.74) is 3.04. The summed E-state index contributed by atoms with van der Waals surface area (Å²) < 4.78 is 2.08. The van der Waals surface area contributed by atoms with Gasteiger partial charge in [0.2, 0.25) is 5.95 Å². The minimum atomic E-state index is 0.736. The van der Waals surface area contributed by atoms with Gasteiger partial charge in [0, 0.05) is 18.4 Å². The number of nitrogens with one attached hydrogen (secondary N) is 1. The topological polar surface area (TPSA) is 55.1 Å². The van der Waals surface area contributed by atoms with Crippen LogP contribution in [-0.2, 0) is 6.42 Å². The van der Waals surface area contributed by atoms with E-state index >= 15 is 0 Å². The third-order valence-electron chi connectivity index (χ3n) is 4.76. The molecule has 2 aromatic carbocycles. The molecular formula is C20H19N5. The van der Waals surface area contributed by atoms with Crippen molar-refractivity contribution < 1.29 is 0 Å². The molecule has 0 aliphatic heterocycles. The van der Waals surface area contributed by atoms with Crippen molar-refractivity contribution in [3.63, 3.8) is 0 Å². The summed E-state index contributed by atoms with van der Waals surface area (Å²) in [5.74, 6) is 2.53. The SMILES string of the molecule is c1ccc(Cc2nnc3c4ccccc4nc(NCC4CC4)n23)cc1. The Labute approximate surface area is 145 Å². The maximum absolute atomic E-state index is 4.85. The first-order valence-corrected chi connectivity index (χ1v) is 8.79. The molecule has 1 N–H and O–H groups in total. The highest BCUT2D eigenvalue weighted by Crippen LogP contribution is 2.29. The fraction of sp³-hybridized carbons (Fsp3) is 0.250. The minimum absolute atomic E-state index is 0.736. The molecule has 0 unspecified atom stereocenters. The van der Waals surface area contributed by atoms with E-state index < -0.39 is 0 Å². The van der Waals surface area contributed by atoms with E-state index in [9.17, 15) is 0 Å². The van der Waals surface area contributed by atoms with E-state index in [-0.39, 0.29) is 0 Å². The fourth-order valence-electron chi connectivity index (χ4n) is 3.21. The summed E-state index contributed by atoms with van der Waals surface area (Å²) in [7, 11) is 0. The standard InChI is InChI=1S/C20H19N5/c1-2-6-14(7-3-1)12-18-23-24-19-16-8-4-5-9-17(16)22-20(25(18)19)21-13-15-10-11-15/h1-9,15H,10-13H2,(H,21,22). The molecule has 1 fully saturated rings. The number of para-hydroxylation sites is 1.